The third-order valence-electron chi connectivity index (χ3n) is 9.32. The number of hydrogen-bond donors (Lipinski definition) is 0. The molecule has 0 saturated carbocycles. The zero-order valence-corrected chi connectivity index (χ0v) is 27.9. The molecule has 0 aromatic heterocycles. The molecule has 0 atom stereocenters. The summed E-state index contributed by atoms with van der Waals surface area (Å²) in [5.41, 5.74) is 9.78. The van der Waals surface area contributed by atoms with Gasteiger partial charge in [0, 0.05) is 8.95 Å². The summed E-state index contributed by atoms with van der Waals surface area (Å²) in [6.45, 7) is 0. The molecule has 0 nitrogen and oxygen atoms in total. The third kappa shape index (κ3) is 4.25. The highest BCUT2D eigenvalue weighted by atomic mass is 79.9. The van der Waals surface area contributed by atoms with Crippen LogP contribution in [-0.4, -0.2) is 0 Å². The smallest absolute Gasteiger partial charge is 0.0175 e. The van der Waals surface area contributed by atoms with Gasteiger partial charge in [0.15, 0.2) is 0 Å². The summed E-state index contributed by atoms with van der Waals surface area (Å²) in [6, 6.07) is 57.8. The molecular weight excluding hydrogens is 688 g/mol. The van der Waals surface area contributed by atoms with E-state index in [9.17, 15) is 0 Å². The summed E-state index contributed by atoms with van der Waals surface area (Å²) in [4.78, 5) is 0. The number of benzene rings is 9. The molecular formula is C44H26Br2. The van der Waals surface area contributed by atoms with E-state index in [1.165, 1.54) is 87.6 Å². The predicted molar refractivity (Wildman–Crippen MR) is 205 cm³/mol. The molecule has 0 amide bonds. The average molecular weight is 714 g/mol. The van der Waals surface area contributed by atoms with Crippen LogP contribution in [0, 0.1) is 0 Å². The van der Waals surface area contributed by atoms with Crippen molar-refractivity contribution in [3.63, 3.8) is 0 Å². The summed E-state index contributed by atoms with van der Waals surface area (Å²) < 4.78 is 2.13. The zero-order valence-electron chi connectivity index (χ0n) is 24.8. The van der Waals surface area contributed by atoms with Crippen molar-refractivity contribution in [1.82, 2.24) is 0 Å². The van der Waals surface area contributed by atoms with Gasteiger partial charge in [0.1, 0.15) is 0 Å². The lowest BCUT2D eigenvalue weighted by molar-refractivity contribution is 1.56. The standard InChI is InChI=1S/C44H26Br2/c45-33-23-19-31(20-24-33)39-40(32-21-25-34(46)26-22-32)42(28-11-5-2-6-12-28)44-36-16-8-14-30-18-17-29-13-7-15-35(37(29)38(30)36)43(44)41(39)27-9-3-1-4-10-27/h1-26H. The third-order valence-corrected chi connectivity index (χ3v) is 10.4. The summed E-state index contributed by atoms with van der Waals surface area (Å²) in [7, 11) is 0. The van der Waals surface area contributed by atoms with Gasteiger partial charge in [-0.2, -0.15) is 0 Å². The fourth-order valence-electron chi connectivity index (χ4n) is 7.46. The fourth-order valence-corrected chi connectivity index (χ4v) is 7.99. The van der Waals surface area contributed by atoms with E-state index in [1.54, 1.807) is 0 Å². The Balaban J connectivity index is 1.67. The molecule has 0 aliphatic rings. The second-order valence-corrected chi connectivity index (χ2v) is 13.7. The van der Waals surface area contributed by atoms with Crippen LogP contribution in [0.3, 0.4) is 0 Å². The van der Waals surface area contributed by atoms with E-state index in [0.717, 1.165) is 8.95 Å². The first-order valence-corrected chi connectivity index (χ1v) is 17.1. The van der Waals surface area contributed by atoms with Crippen LogP contribution in [-0.2, 0) is 0 Å². The van der Waals surface area contributed by atoms with Crippen molar-refractivity contribution < 1.29 is 0 Å². The predicted octanol–water partition coefficient (Wildman–Crippen LogP) is 13.9. The Hall–Kier alpha value is -4.76. The highest BCUT2D eigenvalue weighted by Gasteiger charge is 2.27. The van der Waals surface area contributed by atoms with Crippen molar-refractivity contribution in [2.45, 2.75) is 0 Å². The van der Waals surface area contributed by atoms with Crippen LogP contribution in [0.4, 0.5) is 0 Å². The Kier molecular flexibility index (Phi) is 6.55. The Labute approximate surface area is 284 Å². The lowest BCUT2D eigenvalue weighted by Crippen LogP contribution is -1.99. The van der Waals surface area contributed by atoms with Gasteiger partial charge in [0.2, 0.25) is 0 Å². The van der Waals surface area contributed by atoms with Crippen molar-refractivity contribution in [1.29, 1.82) is 0 Å². The highest BCUT2D eigenvalue weighted by Crippen LogP contribution is 2.55. The molecule has 9 aromatic carbocycles. The first kappa shape index (κ1) is 27.5. The first-order valence-electron chi connectivity index (χ1n) is 15.5. The summed E-state index contributed by atoms with van der Waals surface area (Å²) in [5.74, 6) is 0. The fraction of sp³-hybridized carbons (Fsp3) is 0. The molecule has 0 saturated heterocycles. The van der Waals surface area contributed by atoms with Gasteiger partial charge >= 0.3 is 0 Å². The summed E-state index contributed by atoms with van der Waals surface area (Å²) >= 11 is 7.43. The van der Waals surface area contributed by atoms with Crippen LogP contribution in [0.1, 0.15) is 0 Å². The number of rotatable bonds is 4. The van der Waals surface area contributed by atoms with E-state index >= 15 is 0 Å². The number of hydrogen-bond acceptors (Lipinski definition) is 0. The normalized spacial score (nSPS) is 11.7. The first-order chi connectivity index (χ1) is 22.7. The minimum Gasteiger partial charge on any atom is -0.0622 e. The van der Waals surface area contributed by atoms with Crippen molar-refractivity contribution in [3.05, 3.63) is 167 Å². The van der Waals surface area contributed by atoms with Crippen molar-refractivity contribution in [2.24, 2.45) is 0 Å². The van der Waals surface area contributed by atoms with Gasteiger partial charge in [-0.05, 0) is 112 Å². The minimum absolute atomic E-state index is 1.06. The maximum Gasteiger partial charge on any atom is 0.0175 e. The molecule has 0 fully saturated rings. The van der Waals surface area contributed by atoms with E-state index in [-0.39, 0.29) is 0 Å². The second kappa shape index (κ2) is 10.9. The SMILES string of the molecule is Brc1ccc(-c2c(-c3ccc(Br)cc3)c(-c3ccccc3)c3c4cccc5ccc6cccc(c3c2-c2ccccc2)c6c54)cc1. The molecule has 0 heterocycles. The molecule has 0 radical (unpaired) electrons. The molecule has 216 valence electrons. The molecule has 9 aromatic rings. The van der Waals surface area contributed by atoms with E-state index in [0.29, 0.717) is 0 Å². The van der Waals surface area contributed by atoms with E-state index in [1.807, 2.05) is 0 Å². The Bertz CT molecular complexity index is 2370. The topological polar surface area (TPSA) is 0 Å². The quantitative estimate of drug-likeness (QED) is 0.126. The molecule has 9 rings (SSSR count). The zero-order chi connectivity index (χ0) is 30.8. The van der Waals surface area contributed by atoms with Crippen molar-refractivity contribution in [2.75, 3.05) is 0 Å². The minimum atomic E-state index is 1.06. The summed E-state index contributed by atoms with van der Waals surface area (Å²) in [6.07, 6.45) is 0. The van der Waals surface area contributed by atoms with Gasteiger partial charge in [-0.15, -0.1) is 0 Å². The molecule has 0 bridgehead atoms. The van der Waals surface area contributed by atoms with Gasteiger partial charge < -0.3 is 0 Å². The Morgan fingerprint density at radius 2 is 0.630 bits per heavy atom. The maximum absolute atomic E-state index is 3.71. The van der Waals surface area contributed by atoms with Crippen LogP contribution in [0.25, 0.3) is 87.6 Å². The number of halogens is 2. The molecule has 0 unspecified atom stereocenters. The van der Waals surface area contributed by atoms with E-state index in [4.69, 9.17) is 0 Å². The van der Waals surface area contributed by atoms with Crippen molar-refractivity contribution >= 4 is 74.9 Å². The van der Waals surface area contributed by atoms with Gasteiger partial charge in [-0.1, -0.05) is 165 Å². The van der Waals surface area contributed by atoms with Gasteiger partial charge in [0.25, 0.3) is 0 Å². The monoisotopic (exact) mass is 712 g/mol. The molecule has 0 spiro atoms. The van der Waals surface area contributed by atoms with Crippen LogP contribution in [0.5, 0.6) is 0 Å². The van der Waals surface area contributed by atoms with Crippen LogP contribution >= 0.6 is 31.9 Å². The van der Waals surface area contributed by atoms with E-state index < -0.39 is 0 Å². The Morgan fingerprint density at radius 1 is 0.261 bits per heavy atom. The van der Waals surface area contributed by atoms with Gasteiger partial charge in [-0.3, -0.25) is 0 Å². The van der Waals surface area contributed by atoms with Crippen LogP contribution in [0.15, 0.2) is 167 Å². The molecule has 2 heteroatoms. The molecule has 0 aliphatic heterocycles. The summed E-state index contributed by atoms with van der Waals surface area (Å²) in [5, 5.41) is 10.4. The largest absolute Gasteiger partial charge is 0.0622 e. The van der Waals surface area contributed by atoms with Gasteiger partial charge in [0.05, 0.1) is 0 Å². The second-order valence-electron chi connectivity index (χ2n) is 11.9. The Morgan fingerprint density at radius 3 is 1.02 bits per heavy atom. The van der Waals surface area contributed by atoms with Gasteiger partial charge in [-0.25, -0.2) is 0 Å². The number of fused-ring (bicyclic) bond motifs is 3. The van der Waals surface area contributed by atoms with Crippen LogP contribution in [0.2, 0.25) is 0 Å². The van der Waals surface area contributed by atoms with E-state index in [2.05, 4.69) is 190 Å². The lowest BCUT2D eigenvalue weighted by atomic mass is 9.76. The van der Waals surface area contributed by atoms with Crippen molar-refractivity contribution in [3.8, 4) is 44.5 Å². The lowest BCUT2D eigenvalue weighted by Gasteiger charge is -2.27. The maximum atomic E-state index is 3.71. The van der Waals surface area contributed by atoms with Crippen LogP contribution < -0.4 is 0 Å². The molecule has 0 N–H and O–H groups in total. The molecule has 0 aliphatic carbocycles. The highest BCUT2D eigenvalue weighted by molar-refractivity contribution is 9.10. The molecule has 46 heavy (non-hydrogen) atoms. The average Bonchev–Trinajstić information content (AvgIpc) is 3.11.